The molecule has 1 saturated heterocycles. The lowest BCUT2D eigenvalue weighted by Gasteiger charge is -2.40. The van der Waals surface area contributed by atoms with Gasteiger partial charge < -0.3 is 10.2 Å². The number of aliphatic hydroxyl groups excluding tert-OH is 1. The molecule has 1 aliphatic rings. The van der Waals surface area contributed by atoms with Crippen molar-refractivity contribution in [1.82, 2.24) is 9.80 Å². The minimum Gasteiger partial charge on any atom is -0.465 e. The molecule has 0 aromatic heterocycles. The first-order valence-electron chi connectivity index (χ1n) is 8.66. The lowest BCUT2D eigenvalue weighted by molar-refractivity contribution is -0.207. The molecule has 28 heavy (non-hydrogen) atoms. The Balaban J connectivity index is 2.39. The first-order valence-corrected chi connectivity index (χ1v) is 8.66. The summed E-state index contributed by atoms with van der Waals surface area (Å²) in [6.45, 7) is 4.05. The summed E-state index contributed by atoms with van der Waals surface area (Å²) in [7, 11) is 0. The van der Waals surface area contributed by atoms with E-state index in [0.29, 0.717) is 0 Å². The molecule has 5 nitrogen and oxygen atoms in total. The van der Waals surface area contributed by atoms with Gasteiger partial charge in [-0.25, -0.2) is 13.6 Å². The van der Waals surface area contributed by atoms with Crippen LogP contribution in [0.4, 0.5) is 26.7 Å². The Morgan fingerprint density at radius 3 is 2.29 bits per heavy atom. The molecular weight excluding hydrogens is 387 g/mol. The number of β-amino-alcohol motifs (C(OH)–C–C–N with tert-alkyl or cyclic N) is 1. The monoisotopic (exact) mass is 410 g/mol. The average molecular weight is 410 g/mol. The third-order valence-electron chi connectivity index (χ3n) is 4.81. The van der Waals surface area contributed by atoms with Crippen LogP contribution in [0.2, 0.25) is 0 Å². The van der Waals surface area contributed by atoms with Crippen LogP contribution in [-0.2, 0) is 0 Å². The molecule has 1 aromatic carbocycles. The second-order valence-corrected chi connectivity index (χ2v) is 7.95. The van der Waals surface area contributed by atoms with E-state index >= 15 is 0 Å². The zero-order valence-electron chi connectivity index (χ0n) is 15.7. The first kappa shape index (κ1) is 22.4. The molecule has 10 heteroatoms. The fourth-order valence-corrected chi connectivity index (χ4v) is 3.62. The minimum absolute atomic E-state index is 0.0389. The molecule has 158 valence electrons. The zero-order chi connectivity index (χ0) is 21.4. The summed E-state index contributed by atoms with van der Waals surface area (Å²) >= 11 is 0. The van der Waals surface area contributed by atoms with Gasteiger partial charge in [0, 0.05) is 31.1 Å². The summed E-state index contributed by atoms with van der Waals surface area (Å²) in [5, 5.41) is 19.0. The van der Waals surface area contributed by atoms with Crippen molar-refractivity contribution in [2.75, 3.05) is 19.6 Å². The van der Waals surface area contributed by atoms with Crippen molar-refractivity contribution in [2.24, 2.45) is 0 Å². The molecule has 3 atom stereocenters. The highest BCUT2D eigenvalue weighted by molar-refractivity contribution is 5.67. The molecule has 0 aliphatic carbocycles. The van der Waals surface area contributed by atoms with Gasteiger partial charge in [0.2, 0.25) is 0 Å². The number of rotatable bonds is 4. The molecule has 0 bridgehead atoms. The molecule has 1 amide bonds. The van der Waals surface area contributed by atoms with Crippen molar-refractivity contribution in [3.8, 4) is 0 Å². The van der Waals surface area contributed by atoms with Gasteiger partial charge in [0.25, 0.3) is 0 Å². The summed E-state index contributed by atoms with van der Waals surface area (Å²) < 4.78 is 65.2. The second kappa shape index (κ2) is 7.82. The number of hydrogen-bond donors (Lipinski definition) is 2. The number of halogens is 5. The van der Waals surface area contributed by atoms with Crippen molar-refractivity contribution in [2.45, 2.75) is 50.6 Å². The topological polar surface area (TPSA) is 64.0 Å². The Morgan fingerprint density at radius 1 is 1.21 bits per heavy atom. The van der Waals surface area contributed by atoms with Gasteiger partial charge in [-0.3, -0.25) is 9.80 Å². The van der Waals surface area contributed by atoms with Crippen LogP contribution in [0.1, 0.15) is 32.3 Å². The van der Waals surface area contributed by atoms with Crippen LogP contribution in [0.5, 0.6) is 0 Å². The maximum atomic E-state index is 13.7. The SMILES string of the molecule is CC(C)(C)N(C(=O)O)[C@@H]1CN(CC(O)C(F)(F)F)C[C@H]1c1ccc(F)c(F)c1. The lowest BCUT2D eigenvalue weighted by atomic mass is 9.90. The number of likely N-dealkylation sites (tertiary alicyclic amines) is 1. The average Bonchev–Trinajstić information content (AvgIpc) is 2.90. The highest BCUT2D eigenvalue weighted by atomic mass is 19.4. The number of alkyl halides is 3. The van der Waals surface area contributed by atoms with Gasteiger partial charge in [0.15, 0.2) is 17.7 Å². The summed E-state index contributed by atoms with van der Waals surface area (Å²) in [6.07, 6.45) is -8.68. The number of carbonyl (C=O) groups is 1. The molecular formula is C18H23F5N2O3. The van der Waals surface area contributed by atoms with Crippen LogP contribution in [0, 0.1) is 11.6 Å². The van der Waals surface area contributed by atoms with Gasteiger partial charge in [0.1, 0.15) is 0 Å². The van der Waals surface area contributed by atoms with E-state index in [9.17, 15) is 37.0 Å². The van der Waals surface area contributed by atoms with Gasteiger partial charge in [-0.15, -0.1) is 0 Å². The van der Waals surface area contributed by atoms with Crippen LogP contribution in [0.15, 0.2) is 18.2 Å². The molecule has 0 radical (unpaired) electrons. The summed E-state index contributed by atoms with van der Waals surface area (Å²) in [4.78, 5) is 14.3. The van der Waals surface area contributed by atoms with E-state index in [4.69, 9.17) is 0 Å². The Kier molecular flexibility index (Phi) is 6.25. The van der Waals surface area contributed by atoms with Crippen molar-refractivity contribution in [3.63, 3.8) is 0 Å². The molecule has 1 aromatic rings. The molecule has 1 fully saturated rings. The van der Waals surface area contributed by atoms with Gasteiger partial charge in [-0.1, -0.05) is 6.07 Å². The fraction of sp³-hybridized carbons (Fsp3) is 0.611. The predicted molar refractivity (Wildman–Crippen MR) is 91.0 cm³/mol. The van der Waals surface area contributed by atoms with Crippen molar-refractivity contribution >= 4 is 6.09 Å². The van der Waals surface area contributed by atoms with Crippen LogP contribution < -0.4 is 0 Å². The fourth-order valence-electron chi connectivity index (χ4n) is 3.62. The molecule has 0 spiro atoms. The van der Waals surface area contributed by atoms with E-state index < -0.39 is 54.1 Å². The van der Waals surface area contributed by atoms with E-state index in [2.05, 4.69) is 0 Å². The van der Waals surface area contributed by atoms with E-state index in [-0.39, 0.29) is 18.7 Å². The number of amides is 1. The highest BCUT2D eigenvalue weighted by Crippen LogP contribution is 2.36. The molecule has 1 unspecified atom stereocenters. The zero-order valence-corrected chi connectivity index (χ0v) is 15.7. The molecule has 1 aliphatic heterocycles. The van der Waals surface area contributed by atoms with E-state index in [1.807, 2.05) is 0 Å². The lowest BCUT2D eigenvalue weighted by Crippen LogP contribution is -2.54. The van der Waals surface area contributed by atoms with Crippen molar-refractivity contribution in [1.29, 1.82) is 0 Å². The van der Waals surface area contributed by atoms with E-state index in [1.165, 1.54) is 11.0 Å². The van der Waals surface area contributed by atoms with E-state index in [1.54, 1.807) is 20.8 Å². The molecule has 1 heterocycles. The summed E-state index contributed by atoms with van der Waals surface area (Å²) in [5.41, 5.74) is -0.602. The van der Waals surface area contributed by atoms with Crippen LogP contribution >= 0.6 is 0 Å². The first-order chi connectivity index (χ1) is 12.7. The van der Waals surface area contributed by atoms with Crippen LogP contribution in [-0.4, -0.2) is 69.6 Å². The van der Waals surface area contributed by atoms with Crippen molar-refractivity contribution in [3.05, 3.63) is 35.4 Å². The Bertz CT molecular complexity index is 720. The number of carboxylic acid groups (broad SMARTS) is 1. The minimum atomic E-state index is -4.81. The number of benzene rings is 1. The van der Waals surface area contributed by atoms with Crippen molar-refractivity contribution < 1.29 is 37.0 Å². The number of aliphatic hydroxyl groups is 1. The van der Waals surface area contributed by atoms with Gasteiger partial charge in [-0.2, -0.15) is 13.2 Å². The van der Waals surface area contributed by atoms with Crippen LogP contribution in [0.3, 0.4) is 0 Å². The quantitative estimate of drug-likeness (QED) is 0.747. The third kappa shape index (κ3) is 4.91. The summed E-state index contributed by atoms with van der Waals surface area (Å²) in [5.74, 6) is -2.89. The van der Waals surface area contributed by atoms with E-state index in [0.717, 1.165) is 17.0 Å². The smallest absolute Gasteiger partial charge is 0.415 e. The van der Waals surface area contributed by atoms with Gasteiger partial charge in [-0.05, 0) is 38.5 Å². The molecule has 2 N–H and O–H groups in total. The maximum absolute atomic E-state index is 13.7. The van der Waals surface area contributed by atoms with Gasteiger partial charge in [0.05, 0.1) is 6.04 Å². The van der Waals surface area contributed by atoms with Gasteiger partial charge >= 0.3 is 12.3 Å². The number of nitrogens with zero attached hydrogens (tertiary/aromatic N) is 2. The second-order valence-electron chi connectivity index (χ2n) is 7.95. The Hall–Kier alpha value is -1.94. The normalized spacial score (nSPS) is 22.3. The Morgan fingerprint density at radius 2 is 1.82 bits per heavy atom. The number of hydrogen-bond acceptors (Lipinski definition) is 3. The standard InChI is InChI=1S/C18H23F5N2O3/c1-17(2,3)25(16(27)28)14-8-24(9-15(26)18(21,22)23)7-11(14)10-4-5-12(19)13(20)6-10/h4-6,11,14-15,26H,7-9H2,1-3H3,(H,27,28)/t11-,14+,15?/m0/s1. The maximum Gasteiger partial charge on any atom is 0.415 e. The highest BCUT2D eigenvalue weighted by Gasteiger charge is 2.46. The van der Waals surface area contributed by atoms with Crippen LogP contribution in [0.25, 0.3) is 0 Å². The third-order valence-corrected chi connectivity index (χ3v) is 4.81. The molecule has 0 saturated carbocycles. The predicted octanol–water partition coefficient (Wildman–Crippen LogP) is 3.43. The summed E-state index contributed by atoms with van der Waals surface area (Å²) in [6, 6.07) is 2.32. The largest absolute Gasteiger partial charge is 0.465 e. The molecule has 2 rings (SSSR count). The Labute approximate surface area is 159 Å².